The molecule has 1 fully saturated rings. The van der Waals surface area contributed by atoms with Gasteiger partial charge in [-0.1, -0.05) is 12.8 Å². The van der Waals surface area contributed by atoms with Gasteiger partial charge in [0.05, 0.1) is 11.8 Å². The van der Waals surface area contributed by atoms with Gasteiger partial charge in [-0.3, -0.25) is 18.7 Å². The molecule has 1 rings (SSSR count). The highest BCUT2D eigenvalue weighted by molar-refractivity contribution is 7.81. The van der Waals surface area contributed by atoms with E-state index in [-0.39, 0.29) is 12.8 Å². The fourth-order valence-corrected chi connectivity index (χ4v) is 2.69. The molecule has 1 aliphatic carbocycles. The number of rotatable bonds is 4. The Bertz CT molecular complexity index is 535. The number of carbonyl (C=O) groups is 2. The number of hydrogen-bond acceptors (Lipinski definition) is 8. The molecule has 1 saturated carbocycles. The minimum absolute atomic E-state index is 0.0552. The van der Waals surface area contributed by atoms with Crippen LogP contribution in [0.5, 0.6) is 0 Å². The van der Waals surface area contributed by atoms with Crippen molar-refractivity contribution in [2.75, 3.05) is 0 Å². The molecule has 0 saturated heterocycles. The maximum Gasteiger partial charge on any atom is 0.448 e. The summed E-state index contributed by atoms with van der Waals surface area (Å²) in [7, 11) is -10.1. The largest absolute Gasteiger partial charge is 0.448 e. The summed E-state index contributed by atoms with van der Waals surface area (Å²) in [6.45, 7) is 0. The molecule has 2 unspecified atom stereocenters. The highest BCUT2D eigenvalue weighted by atomic mass is 32.3. The molecule has 0 bridgehead atoms. The van der Waals surface area contributed by atoms with E-state index in [4.69, 9.17) is 9.11 Å². The number of carbonyl (C=O) groups excluding carboxylic acids is 2. The molecule has 1 aliphatic rings. The Kier molecular flexibility index (Phi) is 5.07. The van der Waals surface area contributed by atoms with E-state index in [1.54, 1.807) is 0 Å². The molecule has 20 heavy (non-hydrogen) atoms. The SMILES string of the molecule is O=C(OS(=O)(=O)O)C1CCCCC1C(=O)OS(=O)(=O)O. The molecule has 0 amide bonds. The molecule has 12 heteroatoms. The normalized spacial score (nSPS) is 23.9. The molecule has 0 aromatic carbocycles. The first-order chi connectivity index (χ1) is 8.99. The molecular weight excluding hydrogens is 320 g/mol. The van der Waals surface area contributed by atoms with E-state index in [9.17, 15) is 26.4 Å². The summed E-state index contributed by atoms with van der Waals surface area (Å²) in [5, 5.41) is 0. The van der Waals surface area contributed by atoms with Gasteiger partial charge in [0.25, 0.3) is 0 Å². The Morgan fingerprint density at radius 3 is 1.35 bits per heavy atom. The average molecular weight is 332 g/mol. The van der Waals surface area contributed by atoms with Crippen molar-refractivity contribution in [3.05, 3.63) is 0 Å². The second-order valence-electron chi connectivity index (χ2n) is 4.16. The summed E-state index contributed by atoms with van der Waals surface area (Å²) in [6, 6.07) is 0. The first kappa shape index (κ1) is 16.8. The maximum atomic E-state index is 11.5. The van der Waals surface area contributed by atoms with Crippen LogP contribution in [0.2, 0.25) is 0 Å². The Balaban J connectivity index is 2.87. The monoisotopic (exact) mass is 332 g/mol. The van der Waals surface area contributed by atoms with Gasteiger partial charge in [-0.2, -0.15) is 16.8 Å². The van der Waals surface area contributed by atoms with Crippen LogP contribution < -0.4 is 0 Å². The molecule has 0 radical (unpaired) electrons. The Morgan fingerprint density at radius 2 is 1.10 bits per heavy atom. The fraction of sp³-hybridized carbons (Fsp3) is 0.750. The minimum atomic E-state index is -5.03. The summed E-state index contributed by atoms with van der Waals surface area (Å²) in [5.41, 5.74) is 0. The summed E-state index contributed by atoms with van der Waals surface area (Å²) >= 11 is 0. The number of hydrogen-bond donors (Lipinski definition) is 2. The molecule has 116 valence electrons. The highest BCUT2D eigenvalue weighted by Crippen LogP contribution is 2.32. The Labute approximate surface area is 115 Å². The summed E-state index contributed by atoms with van der Waals surface area (Å²) in [6.07, 6.45) is 1.06. The van der Waals surface area contributed by atoms with Crippen molar-refractivity contribution in [2.45, 2.75) is 25.7 Å². The highest BCUT2D eigenvalue weighted by Gasteiger charge is 2.40. The van der Waals surface area contributed by atoms with Crippen LogP contribution in [-0.2, 0) is 38.8 Å². The minimum Gasteiger partial charge on any atom is -0.325 e. The lowest BCUT2D eigenvalue weighted by atomic mass is 9.79. The van der Waals surface area contributed by atoms with Crippen LogP contribution in [0, 0.1) is 11.8 Å². The topological polar surface area (TPSA) is 161 Å². The Hall–Kier alpha value is -1.24. The molecule has 2 atom stereocenters. The third kappa shape index (κ3) is 5.40. The van der Waals surface area contributed by atoms with E-state index in [1.807, 2.05) is 0 Å². The van der Waals surface area contributed by atoms with Crippen molar-refractivity contribution in [3.8, 4) is 0 Å². The van der Waals surface area contributed by atoms with Gasteiger partial charge in [0.1, 0.15) is 0 Å². The quantitative estimate of drug-likeness (QED) is 0.641. The van der Waals surface area contributed by atoms with Crippen molar-refractivity contribution >= 4 is 32.7 Å². The van der Waals surface area contributed by atoms with Crippen LogP contribution in [0.25, 0.3) is 0 Å². The van der Waals surface area contributed by atoms with Crippen molar-refractivity contribution in [2.24, 2.45) is 11.8 Å². The molecule has 0 aliphatic heterocycles. The van der Waals surface area contributed by atoms with Gasteiger partial charge >= 0.3 is 32.7 Å². The van der Waals surface area contributed by atoms with Gasteiger partial charge in [0.15, 0.2) is 0 Å². The van der Waals surface area contributed by atoms with Crippen molar-refractivity contribution < 1.29 is 43.9 Å². The summed E-state index contributed by atoms with van der Waals surface area (Å²) in [5.74, 6) is -5.33. The Morgan fingerprint density at radius 1 is 0.800 bits per heavy atom. The maximum absolute atomic E-state index is 11.5. The molecule has 0 aromatic rings. The first-order valence-corrected chi connectivity index (χ1v) is 8.14. The van der Waals surface area contributed by atoms with Crippen LogP contribution >= 0.6 is 0 Å². The predicted octanol–water partition coefficient (Wildman–Crippen LogP) is -0.515. The zero-order valence-electron chi connectivity index (χ0n) is 9.96. The smallest absolute Gasteiger partial charge is 0.325 e. The van der Waals surface area contributed by atoms with Crippen LogP contribution in [-0.4, -0.2) is 37.9 Å². The molecule has 0 heterocycles. The lowest BCUT2D eigenvalue weighted by molar-refractivity contribution is -0.152. The van der Waals surface area contributed by atoms with Crippen LogP contribution in [0.3, 0.4) is 0 Å². The standard InChI is InChI=1S/C8H12O10S2/c9-7(17-19(11,12)13)5-3-1-2-4-6(5)8(10)18-20(14,15)16/h5-6H,1-4H2,(H,11,12,13)(H,14,15,16). The zero-order valence-corrected chi connectivity index (χ0v) is 11.6. The van der Waals surface area contributed by atoms with Gasteiger partial charge in [-0.15, -0.1) is 0 Å². The fourth-order valence-electron chi connectivity index (χ4n) is 2.03. The van der Waals surface area contributed by atoms with E-state index in [0.29, 0.717) is 12.8 Å². The molecule has 2 N–H and O–H groups in total. The van der Waals surface area contributed by atoms with Crippen LogP contribution in [0.1, 0.15) is 25.7 Å². The van der Waals surface area contributed by atoms with E-state index in [0.717, 1.165) is 0 Å². The van der Waals surface area contributed by atoms with Gasteiger partial charge in [0.2, 0.25) is 0 Å². The van der Waals surface area contributed by atoms with Crippen molar-refractivity contribution in [1.82, 2.24) is 0 Å². The molecule has 0 aromatic heterocycles. The van der Waals surface area contributed by atoms with Gasteiger partial charge in [-0.25, -0.2) is 0 Å². The van der Waals surface area contributed by atoms with E-state index < -0.39 is 44.6 Å². The van der Waals surface area contributed by atoms with Crippen molar-refractivity contribution in [1.29, 1.82) is 0 Å². The summed E-state index contributed by atoms with van der Waals surface area (Å²) < 4.78 is 66.1. The van der Waals surface area contributed by atoms with Gasteiger partial charge in [-0.05, 0) is 12.8 Å². The molecule has 10 nitrogen and oxygen atoms in total. The van der Waals surface area contributed by atoms with Gasteiger partial charge in [0, 0.05) is 0 Å². The second-order valence-corrected chi connectivity index (χ2v) is 6.20. The van der Waals surface area contributed by atoms with Gasteiger partial charge < -0.3 is 8.37 Å². The van der Waals surface area contributed by atoms with Crippen molar-refractivity contribution in [3.63, 3.8) is 0 Å². The molecular formula is C8H12O10S2. The lowest BCUT2D eigenvalue weighted by Crippen LogP contribution is -2.36. The first-order valence-electron chi connectivity index (χ1n) is 5.41. The zero-order chi connectivity index (χ0) is 15.6. The average Bonchev–Trinajstić information content (AvgIpc) is 2.24. The third-order valence-corrected chi connectivity index (χ3v) is 3.50. The third-order valence-electron chi connectivity index (χ3n) is 2.75. The van der Waals surface area contributed by atoms with Crippen LogP contribution in [0.4, 0.5) is 0 Å². The van der Waals surface area contributed by atoms with E-state index in [1.165, 1.54) is 0 Å². The molecule has 0 spiro atoms. The lowest BCUT2D eigenvalue weighted by Gasteiger charge is -2.26. The van der Waals surface area contributed by atoms with E-state index in [2.05, 4.69) is 8.37 Å². The van der Waals surface area contributed by atoms with E-state index >= 15 is 0 Å². The predicted molar refractivity (Wildman–Crippen MR) is 60.7 cm³/mol. The van der Waals surface area contributed by atoms with Crippen LogP contribution in [0.15, 0.2) is 0 Å². The summed E-state index contributed by atoms with van der Waals surface area (Å²) in [4.78, 5) is 23.0. The second kappa shape index (κ2) is 6.03.